The van der Waals surface area contributed by atoms with Crippen LogP contribution in [0.5, 0.6) is 0 Å². The van der Waals surface area contributed by atoms with Gasteiger partial charge in [0.05, 0.1) is 6.54 Å². The summed E-state index contributed by atoms with van der Waals surface area (Å²) in [6.45, 7) is 3.48. The number of hydrogen-bond acceptors (Lipinski definition) is 2. The summed E-state index contributed by atoms with van der Waals surface area (Å²) in [5, 5.41) is 6.21. The van der Waals surface area contributed by atoms with Crippen molar-refractivity contribution in [1.29, 1.82) is 0 Å². The van der Waals surface area contributed by atoms with Crippen LogP contribution in [0.4, 0.5) is 0 Å². The molecule has 0 radical (unpaired) electrons. The Morgan fingerprint density at radius 3 is 2.76 bits per heavy atom. The molecule has 25 heavy (non-hydrogen) atoms. The summed E-state index contributed by atoms with van der Waals surface area (Å²) >= 11 is 0. The highest BCUT2D eigenvalue weighted by molar-refractivity contribution is 5.79. The number of hydrogen-bond donors (Lipinski definition) is 2. The van der Waals surface area contributed by atoms with Crippen LogP contribution in [0.15, 0.2) is 60.7 Å². The van der Waals surface area contributed by atoms with Gasteiger partial charge >= 0.3 is 0 Å². The SMILES string of the molecule is CCC(/C=C/c1cccc(CC2CNCC(=O)N2)c1)c1ccccc1. The Morgan fingerprint density at radius 1 is 1.16 bits per heavy atom. The molecule has 1 heterocycles. The number of piperazine rings is 1. The molecule has 1 saturated heterocycles. The van der Waals surface area contributed by atoms with Gasteiger partial charge in [-0.25, -0.2) is 0 Å². The number of carbonyl (C=O) groups excluding carboxylic acids is 1. The molecule has 2 N–H and O–H groups in total. The molecule has 3 nitrogen and oxygen atoms in total. The van der Waals surface area contributed by atoms with Crippen LogP contribution >= 0.6 is 0 Å². The summed E-state index contributed by atoms with van der Waals surface area (Å²) in [4.78, 5) is 11.5. The summed E-state index contributed by atoms with van der Waals surface area (Å²) in [6, 6.07) is 19.4. The third-order valence-electron chi connectivity index (χ3n) is 4.66. The lowest BCUT2D eigenvalue weighted by atomic mass is 9.95. The van der Waals surface area contributed by atoms with Gasteiger partial charge in [0, 0.05) is 18.5 Å². The summed E-state index contributed by atoms with van der Waals surface area (Å²) < 4.78 is 0. The second-order valence-corrected chi connectivity index (χ2v) is 6.63. The molecule has 0 spiro atoms. The van der Waals surface area contributed by atoms with Gasteiger partial charge in [0.1, 0.15) is 0 Å². The zero-order valence-corrected chi connectivity index (χ0v) is 14.7. The van der Waals surface area contributed by atoms with Crippen LogP contribution in [0.3, 0.4) is 0 Å². The first-order valence-electron chi connectivity index (χ1n) is 9.06. The summed E-state index contributed by atoms with van der Waals surface area (Å²) in [5.41, 5.74) is 3.82. The van der Waals surface area contributed by atoms with Gasteiger partial charge in [-0.15, -0.1) is 0 Å². The van der Waals surface area contributed by atoms with Crippen molar-refractivity contribution < 1.29 is 4.79 Å². The van der Waals surface area contributed by atoms with Crippen molar-refractivity contribution in [1.82, 2.24) is 10.6 Å². The fourth-order valence-electron chi connectivity index (χ4n) is 3.33. The van der Waals surface area contributed by atoms with Crippen molar-refractivity contribution >= 4 is 12.0 Å². The van der Waals surface area contributed by atoms with Crippen molar-refractivity contribution in [3.63, 3.8) is 0 Å². The number of rotatable bonds is 6. The lowest BCUT2D eigenvalue weighted by Gasteiger charge is -2.24. The van der Waals surface area contributed by atoms with Crippen molar-refractivity contribution in [3.8, 4) is 0 Å². The second kappa shape index (κ2) is 8.63. The minimum Gasteiger partial charge on any atom is -0.351 e. The Morgan fingerprint density at radius 2 is 2.00 bits per heavy atom. The zero-order valence-electron chi connectivity index (χ0n) is 14.7. The van der Waals surface area contributed by atoms with E-state index in [1.54, 1.807) is 0 Å². The first kappa shape index (κ1) is 17.4. The smallest absolute Gasteiger partial charge is 0.234 e. The molecule has 1 amide bonds. The van der Waals surface area contributed by atoms with Gasteiger partial charge in [0.15, 0.2) is 0 Å². The molecule has 0 aliphatic carbocycles. The quantitative estimate of drug-likeness (QED) is 0.848. The van der Waals surface area contributed by atoms with Crippen LogP contribution in [0, 0.1) is 0 Å². The van der Waals surface area contributed by atoms with E-state index in [1.807, 2.05) is 0 Å². The van der Waals surface area contributed by atoms with E-state index in [1.165, 1.54) is 16.7 Å². The molecule has 0 bridgehead atoms. The molecule has 3 heteroatoms. The van der Waals surface area contributed by atoms with Crippen LogP contribution in [-0.4, -0.2) is 25.0 Å². The van der Waals surface area contributed by atoms with Crippen molar-refractivity contribution in [3.05, 3.63) is 77.4 Å². The molecular formula is C22H26N2O. The molecule has 2 unspecified atom stereocenters. The number of carbonyl (C=O) groups is 1. The Kier molecular flexibility index (Phi) is 6.02. The Labute approximate surface area is 150 Å². The molecule has 2 aromatic carbocycles. The maximum atomic E-state index is 11.5. The minimum absolute atomic E-state index is 0.0842. The van der Waals surface area contributed by atoms with Gasteiger partial charge < -0.3 is 10.6 Å². The maximum Gasteiger partial charge on any atom is 0.234 e. The highest BCUT2D eigenvalue weighted by Gasteiger charge is 2.17. The van der Waals surface area contributed by atoms with Crippen LogP contribution in [0.25, 0.3) is 6.08 Å². The minimum atomic E-state index is 0.0842. The van der Waals surface area contributed by atoms with Gasteiger partial charge in [-0.3, -0.25) is 4.79 Å². The molecule has 1 fully saturated rings. The summed E-state index contributed by atoms with van der Waals surface area (Å²) in [6.07, 6.45) is 6.44. The molecule has 130 valence electrons. The van der Waals surface area contributed by atoms with Gasteiger partial charge in [-0.2, -0.15) is 0 Å². The Bertz CT molecular complexity index is 724. The van der Waals surface area contributed by atoms with Crippen molar-refractivity contribution in [2.45, 2.75) is 31.7 Å². The lowest BCUT2D eigenvalue weighted by Crippen LogP contribution is -2.52. The molecule has 1 aliphatic heterocycles. The third kappa shape index (κ3) is 5.04. The average molecular weight is 334 g/mol. The average Bonchev–Trinajstić information content (AvgIpc) is 2.63. The van der Waals surface area contributed by atoms with E-state index in [9.17, 15) is 4.79 Å². The molecule has 0 saturated carbocycles. The van der Waals surface area contributed by atoms with E-state index in [2.05, 4.69) is 84.3 Å². The van der Waals surface area contributed by atoms with Gasteiger partial charge in [-0.1, -0.05) is 73.7 Å². The Balaban J connectivity index is 1.67. The van der Waals surface area contributed by atoms with E-state index in [-0.39, 0.29) is 11.9 Å². The van der Waals surface area contributed by atoms with Crippen molar-refractivity contribution in [2.24, 2.45) is 0 Å². The number of benzene rings is 2. The summed E-state index contributed by atoms with van der Waals surface area (Å²) in [7, 11) is 0. The fraction of sp³-hybridized carbons (Fsp3) is 0.318. The van der Waals surface area contributed by atoms with Gasteiger partial charge in [-0.05, 0) is 29.5 Å². The standard InChI is InChI=1S/C22H26N2O/c1-2-19(20-9-4-3-5-10-20)12-11-17-7-6-8-18(13-17)14-21-15-23-16-22(25)24-21/h3-13,19,21,23H,2,14-16H2,1H3,(H,24,25)/b12-11+. The molecule has 0 aromatic heterocycles. The molecule has 2 atom stereocenters. The van der Waals surface area contributed by atoms with E-state index >= 15 is 0 Å². The first-order valence-corrected chi connectivity index (χ1v) is 9.06. The van der Waals surface area contributed by atoms with Crippen LogP contribution in [0.1, 0.15) is 36.0 Å². The number of amides is 1. The van der Waals surface area contributed by atoms with Crippen LogP contribution < -0.4 is 10.6 Å². The highest BCUT2D eigenvalue weighted by Crippen LogP contribution is 2.22. The first-order chi connectivity index (χ1) is 12.2. The molecule has 2 aromatic rings. The maximum absolute atomic E-state index is 11.5. The Hall–Kier alpha value is -2.39. The largest absolute Gasteiger partial charge is 0.351 e. The molecule has 1 aliphatic rings. The van der Waals surface area contributed by atoms with Crippen LogP contribution in [-0.2, 0) is 11.2 Å². The summed E-state index contributed by atoms with van der Waals surface area (Å²) in [5.74, 6) is 0.521. The lowest BCUT2D eigenvalue weighted by molar-refractivity contribution is -0.122. The van der Waals surface area contributed by atoms with E-state index in [0.29, 0.717) is 12.5 Å². The number of allylic oxidation sites excluding steroid dienone is 1. The monoisotopic (exact) mass is 334 g/mol. The third-order valence-corrected chi connectivity index (χ3v) is 4.66. The normalized spacial score (nSPS) is 18.9. The number of nitrogens with one attached hydrogen (secondary N) is 2. The molecular weight excluding hydrogens is 308 g/mol. The van der Waals surface area contributed by atoms with E-state index < -0.39 is 0 Å². The topological polar surface area (TPSA) is 41.1 Å². The van der Waals surface area contributed by atoms with E-state index in [4.69, 9.17) is 0 Å². The predicted octanol–water partition coefficient (Wildman–Crippen LogP) is 3.52. The fourth-order valence-corrected chi connectivity index (χ4v) is 3.33. The van der Waals surface area contributed by atoms with Crippen LogP contribution in [0.2, 0.25) is 0 Å². The predicted molar refractivity (Wildman–Crippen MR) is 103 cm³/mol. The highest BCUT2D eigenvalue weighted by atomic mass is 16.2. The molecule has 3 rings (SSSR count). The van der Waals surface area contributed by atoms with Crippen molar-refractivity contribution in [2.75, 3.05) is 13.1 Å². The van der Waals surface area contributed by atoms with Gasteiger partial charge in [0.25, 0.3) is 0 Å². The zero-order chi connectivity index (χ0) is 17.5. The van der Waals surface area contributed by atoms with Gasteiger partial charge in [0.2, 0.25) is 5.91 Å². The second-order valence-electron chi connectivity index (χ2n) is 6.63. The van der Waals surface area contributed by atoms with E-state index in [0.717, 1.165) is 19.4 Å².